The van der Waals surface area contributed by atoms with Crippen molar-refractivity contribution in [2.75, 3.05) is 17.3 Å². The third-order valence-corrected chi connectivity index (χ3v) is 3.94. The molecule has 1 aromatic heterocycles. The quantitative estimate of drug-likeness (QED) is 0.733. The predicted octanol–water partition coefficient (Wildman–Crippen LogP) is 4.75. The summed E-state index contributed by atoms with van der Waals surface area (Å²) < 4.78 is 0.973. The largest absolute Gasteiger partial charge is 0.329 e. The molecule has 0 bridgehead atoms. The van der Waals surface area contributed by atoms with E-state index in [4.69, 9.17) is 0 Å². The number of halogens is 1. The normalized spacial score (nSPS) is 10.3. The zero-order chi connectivity index (χ0) is 15.4. The lowest BCUT2D eigenvalue weighted by Crippen LogP contribution is -2.12. The van der Waals surface area contributed by atoms with Gasteiger partial charge in [0.05, 0.1) is 5.69 Å². The Morgan fingerprint density at radius 3 is 2.45 bits per heavy atom. The van der Waals surface area contributed by atoms with E-state index in [1.165, 1.54) is 0 Å². The molecule has 1 heterocycles. The molecule has 0 saturated heterocycles. The van der Waals surface area contributed by atoms with Gasteiger partial charge in [-0.1, -0.05) is 30.3 Å². The van der Waals surface area contributed by atoms with E-state index < -0.39 is 0 Å². The Labute approximate surface area is 138 Å². The summed E-state index contributed by atoms with van der Waals surface area (Å²) in [4.78, 5) is 10.9. The molecular formula is C17H15BrN4. The monoisotopic (exact) mass is 354 g/mol. The number of rotatable bonds is 4. The van der Waals surface area contributed by atoms with Crippen LogP contribution in [0.3, 0.4) is 0 Å². The highest BCUT2D eigenvalue weighted by Crippen LogP contribution is 2.25. The van der Waals surface area contributed by atoms with Gasteiger partial charge >= 0.3 is 0 Å². The van der Waals surface area contributed by atoms with E-state index in [9.17, 15) is 0 Å². The summed E-state index contributed by atoms with van der Waals surface area (Å²) in [6.45, 7) is 0. The van der Waals surface area contributed by atoms with Gasteiger partial charge in [-0.3, -0.25) is 0 Å². The van der Waals surface area contributed by atoms with Gasteiger partial charge in [-0.25, -0.2) is 4.98 Å². The van der Waals surface area contributed by atoms with Gasteiger partial charge in [0.2, 0.25) is 5.95 Å². The maximum absolute atomic E-state index is 4.57. The molecule has 0 unspecified atom stereocenters. The van der Waals surface area contributed by atoms with E-state index in [0.29, 0.717) is 5.95 Å². The van der Waals surface area contributed by atoms with Crippen molar-refractivity contribution in [2.24, 2.45) is 0 Å². The van der Waals surface area contributed by atoms with E-state index in [2.05, 4.69) is 31.2 Å². The summed E-state index contributed by atoms with van der Waals surface area (Å²) in [5.74, 6) is 1.39. The summed E-state index contributed by atoms with van der Waals surface area (Å²) in [6, 6.07) is 19.9. The Kier molecular flexibility index (Phi) is 4.34. The molecule has 4 nitrogen and oxygen atoms in total. The molecule has 110 valence electrons. The molecule has 3 rings (SSSR count). The third kappa shape index (κ3) is 3.26. The highest BCUT2D eigenvalue weighted by molar-refractivity contribution is 9.10. The lowest BCUT2D eigenvalue weighted by Gasteiger charge is -2.18. The Hall–Kier alpha value is -2.40. The van der Waals surface area contributed by atoms with E-state index in [-0.39, 0.29) is 0 Å². The fourth-order valence-electron chi connectivity index (χ4n) is 2.06. The standard InChI is InChI=1S/C17H15BrN4/c1-22(13-7-3-2-4-8-13)16-11-12-19-17(21-16)20-15-10-6-5-9-14(15)18/h2-12H,1H3,(H,19,20,21). The van der Waals surface area contributed by atoms with Gasteiger partial charge in [0, 0.05) is 23.4 Å². The fraction of sp³-hybridized carbons (Fsp3) is 0.0588. The van der Waals surface area contributed by atoms with Crippen LogP contribution >= 0.6 is 15.9 Å². The van der Waals surface area contributed by atoms with Gasteiger partial charge in [-0.2, -0.15) is 4.98 Å². The number of hydrogen-bond donors (Lipinski definition) is 1. The van der Waals surface area contributed by atoms with Crippen LogP contribution in [0.25, 0.3) is 0 Å². The van der Waals surface area contributed by atoms with Crippen LogP contribution < -0.4 is 10.2 Å². The summed E-state index contributed by atoms with van der Waals surface area (Å²) in [7, 11) is 1.99. The summed E-state index contributed by atoms with van der Waals surface area (Å²) in [5.41, 5.74) is 2.01. The van der Waals surface area contributed by atoms with Gasteiger partial charge in [-0.05, 0) is 46.3 Å². The van der Waals surface area contributed by atoms with E-state index in [0.717, 1.165) is 21.7 Å². The van der Waals surface area contributed by atoms with Crippen molar-refractivity contribution in [2.45, 2.75) is 0 Å². The Balaban J connectivity index is 1.85. The first-order valence-corrected chi connectivity index (χ1v) is 7.67. The first kappa shape index (κ1) is 14.5. The van der Waals surface area contributed by atoms with Crippen molar-refractivity contribution in [3.05, 3.63) is 71.3 Å². The SMILES string of the molecule is CN(c1ccccc1)c1ccnc(Nc2ccccc2Br)n1. The number of nitrogens with zero attached hydrogens (tertiary/aromatic N) is 3. The molecule has 0 aliphatic rings. The number of nitrogens with one attached hydrogen (secondary N) is 1. The molecule has 0 amide bonds. The number of hydrogen-bond acceptors (Lipinski definition) is 4. The van der Waals surface area contributed by atoms with Crippen LogP contribution in [0.2, 0.25) is 0 Å². The lowest BCUT2D eigenvalue weighted by atomic mass is 10.3. The third-order valence-electron chi connectivity index (χ3n) is 3.25. The van der Waals surface area contributed by atoms with E-state index in [1.54, 1.807) is 6.20 Å². The maximum atomic E-state index is 4.57. The first-order valence-electron chi connectivity index (χ1n) is 6.87. The van der Waals surface area contributed by atoms with Gasteiger partial charge in [0.25, 0.3) is 0 Å². The molecule has 0 spiro atoms. The van der Waals surface area contributed by atoms with Gasteiger partial charge < -0.3 is 10.2 Å². The highest BCUT2D eigenvalue weighted by atomic mass is 79.9. The van der Waals surface area contributed by atoms with Crippen molar-refractivity contribution in [1.82, 2.24) is 9.97 Å². The molecule has 0 aliphatic heterocycles. The topological polar surface area (TPSA) is 41.1 Å². The van der Waals surface area contributed by atoms with Crippen LogP contribution in [-0.2, 0) is 0 Å². The average molecular weight is 355 g/mol. The van der Waals surface area contributed by atoms with Crippen molar-refractivity contribution < 1.29 is 0 Å². The van der Waals surface area contributed by atoms with E-state index in [1.807, 2.05) is 72.6 Å². The number of benzene rings is 2. The number of anilines is 4. The highest BCUT2D eigenvalue weighted by Gasteiger charge is 2.07. The second-order valence-electron chi connectivity index (χ2n) is 4.74. The molecule has 0 atom stereocenters. The second-order valence-corrected chi connectivity index (χ2v) is 5.59. The molecule has 2 aromatic carbocycles. The van der Waals surface area contributed by atoms with Crippen LogP contribution in [0.15, 0.2) is 71.3 Å². The first-order chi connectivity index (χ1) is 10.7. The predicted molar refractivity (Wildman–Crippen MR) is 94.0 cm³/mol. The molecule has 1 N–H and O–H groups in total. The van der Waals surface area contributed by atoms with Gasteiger partial charge in [-0.15, -0.1) is 0 Å². The second kappa shape index (κ2) is 6.58. The van der Waals surface area contributed by atoms with Crippen LogP contribution in [0, 0.1) is 0 Å². The maximum Gasteiger partial charge on any atom is 0.229 e. The molecular weight excluding hydrogens is 340 g/mol. The fourth-order valence-corrected chi connectivity index (χ4v) is 2.45. The molecule has 0 radical (unpaired) electrons. The van der Waals surface area contributed by atoms with Crippen molar-refractivity contribution in [3.63, 3.8) is 0 Å². The van der Waals surface area contributed by atoms with Gasteiger partial charge in [0.1, 0.15) is 5.82 Å². The van der Waals surface area contributed by atoms with Gasteiger partial charge in [0.15, 0.2) is 0 Å². The van der Waals surface area contributed by atoms with Crippen LogP contribution in [0.1, 0.15) is 0 Å². The minimum atomic E-state index is 0.562. The smallest absolute Gasteiger partial charge is 0.229 e. The summed E-state index contributed by atoms with van der Waals surface area (Å²) in [6.07, 6.45) is 1.75. The minimum Gasteiger partial charge on any atom is -0.329 e. The lowest BCUT2D eigenvalue weighted by molar-refractivity contribution is 1.08. The molecule has 22 heavy (non-hydrogen) atoms. The number of aromatic nitrogens is 2. The summed E-state index contributed by atoms with van der Waals surface area (Å²) in [5, 5.41) is 3.22. The zero-order valence-corrected chi connectivity index (χ0v) is 13.7. The molecule has 5 heteroatoms. The van der Waals surface area contributed by atoms with Crippen molar-refractivity contribution >= 4 is 39.1 Å². The zero-order valence-electron chi connectivity index (χ0n) is 12.1. The average Bonchev–Trinajstić information content (AvgIpc) is 2.57. The molecule has 3 aromatic rings. The molecule has 0 fully saturated rings. The number of para-hydroxylation sites is 2. The Morgan fingerprint density at radius 1 is 0.955 bits per heavy atom. The Bertz CT molecular complexity index is 761. The van der Waals surface area contributed by atoms with Crippen LogP contribution in [0.5, 0.6) is 0 Å². The van der Waals surface area contributed by atoms with Crippen molar-refractivity contribution in [1.29, 1.82) is 0 Å². The molecule has 0 saturated carbocycles. The van der Waals surface area contributed by atoms with Crippen LogP contribution in [-0.4, -0.2) is 17.0 Å². The Morgan fingerprint density at radius 2 is 1.68 bits per heavy atom. The minimum absolute atomic E-state index is 0.562. The van der Waals surface area contributed by atoms with Crippen LogP contribution in [0.4, 0.5) is 23.1 Å². The summed E-state index contributed by atoms with van der Waals surface area (Å²) >= 11 is 3.51. The molecule has 0 aliphatic carbocycles. The van der Waals surface area contributed by atoms with E-state index >= 15 is 0 Å². The van der Waals surface area contributed by atoms with Crippen molar-refractivity contribution in [3.8, 4) is 0 Å².